The van der Waals surface area contributed by atoms with Gasteiger partial charge in [-0.2, -0.15) is 0 Å². The zero-order valence-corrected chi connectivity index (χ0v) is 11.4. The van der Waals surface area contributed by atoms with Gasteiger partial charge in [0.25, 0.3) is 0 Å². The van der Waals surface area contributed by atoms with E-state index in [-0.39, 0.29) is 9.79 Å². The Labute approximate surface area is 111 Å². The molecule has 0 atom stereocenters. The first-order chi connectivity index (χ1) is 8.85. The topological polar surface area (TPSA) is 74.6 Å². The van der Waals surface area contributed by atoms with Crippen LogP contribution in [0.3, 0.4) is 0 Å². The third kappa shape index (κ3) is 2.17. The highest BCUT2D eigenvalue weighted by Crippen LogP contribution is 2.39. The summed E-state index contributed by atoms with van der Waals surface area (Å²) in [6.07, 6.45) is 0. The molecule has 0 spiro atoms. The maximum atomic E-state index is 12.5. The Morgan fingerprint density at radius 1 is 1.00 bits per heavy atom. The molecule has 0 bridgehead atoms. The average Bonchev–Trinajstić information content (AvgIpc) is 2.37. The highest BCUT2D eigenvalue weighted by molar-refractivity contribution is 7.91. The summed E-state index contributed by atoms with van der Waals surface area (Å²) in [5, 5.41) is 19.5. The van der Waals surface area contributed by atoms with Crippen LogP contribution in [0.1, 0.15) is 11.1 Å². The number of phenols is 2. The Bertz CT molecular complexity index is 693. The summed E-state index contributed by atoms with van der Waals surface area (Å²) in [5.41, 5.74) is 1.03. The predicted molar refractivity (Wildman–Crippen MR) is 71.1 cm³/mol. The maximum Gasteiger partial charge on any atom is 0.210 e. The summed E-state index contributed by atoms with van der Waals surface area (Å²) in [5.74, 6) is -1.04. The molecule has 2 aromatic rings. The van der Waals surface area contributed by atoms with E-state index in [4.69, 9.17) is 0 Å². The molecule has 0 radical (unpaired) electrons. The molecule has 19 heavy (non-hydrogen) atoms. The normalized spacial score (nSPS) is 11.5. The third-order valence-electron chi connectivity index (χ3n) is 3.07. The van der Waals surface area contributed by atoms with Gasteiger partial charge in [0.1, 0.15) is 4.90 Å². The van der Waals surface area contributed by atoms with Crippen molar-refractivity contribution in [3.05, 3.63) is 47.5 Å². The van der Waals surface area contributed by atoms with Gasteiger partial charge in [0, 0.05) is 0 Å². The molecule has 2 N–H and O–H groups in total. The lowest BCUT2D eigenvalue weighted by Crippen LogP contribution is -2.05. The van der Waals surface area contributed by atoms with Crippen LogP contribution in [-0.4, -0.2) is 18.6 Å². The molecule has 0 aliphatic carbocycles. The van der Waals surface area contributed by atoms with E-state index in [1.54, 1.807) is 32.0 Å². The summed E-state index contributed by atoms with van der Waals surface area (Å²) >= 11 is 0. The summed E-state index contributed by atoms with van der Waals surface area (Å²) in [6.45, 7) is 3.28. The van der Waals surface area contributed by atoms with Gasteiger partial charge < -0.3 is 10.2 Å². The zero-order chi connectivity index (χ0) is 14.2. The molecule has 0 saturated heterocycles. The van der Waals surface area contributed by atoms with E-state index in [0.717, 1.165) is 0 Å². The number of rotatable bonds is 2. The van der Waals surface area contributed by atoms with E-state index >= 15 is 0 Å². The Hall–Kier alpha value is -2.01. The molecule has 4 nitrogen and oxygen atoms in total. The molecule has 0 heterocycles. The van der Waals surface area contributed by atoms with E-state index in [1.165, 1.54) is 18.2 Å². The van der Waals surface area contributed by atoms with Crippen molar-refractivity contribution < 1.29 is 18.6 Å². The summed E-state index contributed by atoms with van der Waals surface area (Å²) < 4.78 is 25.0. The van der Waals surface area contributed by atoms with Crippen LogP contribution in [0, 0.1) is 13.8 Å². The van der Waals surface area contributed by atoms with Gasteiger partial charge in [-0.15, -0.1) is 0 Å². The zero-order valence-electron chi connectivity index (χ0n) is 10.6. The van der Waals surface area contributed by atoms with Crippen molar-refractivity contribution in [1.82, 2.24) is 0 Å². The van der Waals surface area contributed by atoms with E-state index in [0.29, 0.717) is 11.1 Å². The van der Waals surface area contributed by atoms with Crippen molar-refractivity contribution in [3.63, 3.8) is 0 Å². The molecule has 0 saturated carbocycles. The lowest BCUT2D eigenvalue weighted by atomic mass is 10.1. The molecule has 0 unspecified atom stereocenters. The number of benzene rings is 2. The van der Waals surface area contributed by atoms with Crippen molar-refractivity contribution in [2.24, 2.45) is 0 Å². The van der Waals surface area contributed by atoms with Crippen molar-refractivity contribution >= 4 is 9.84 Å². The fraction of sp³-hybridized carbons (Fsp3) is 0.143. The lowest BCUT2D eigenvalue weighted by molar-refractivity contribution is 0.392. The number of phenolic OH excluding ortho intramolecular Hbond substituents is 2. The van der Waals surface area contributed by atoms with Crippen molar-refractivity contribution in [1.29, 1.82) is 0 Å². The van der Waals surface area contributed by atoms with Crippen LogP contribution in [0.2, 0.25) is 0 Å². The third-order valence-corrected chi connectivity index (χ3v) is 5.00. The van der Waals surface area contributed by atoms with Crippen LogP contribution in [0.15, 0.2) is 46.2 Å². The SMILES string of the molecule is Cc1cc(O)c(O)c(S(=O)(=O)c2ccccc2)c1C. The fourth-order valence-electron chi connectivity index (χ4n) is 1.90. The van der Waals surface area contributed by atoms with Crippen molar-refractivity contribution in [2.75, 3.05) is 0 Å². The summed E-state index contributed by atoms with van der Waals surface area (Å²) in [7, 11) is -3.86. The minimum absolute atomic E-state index is 0.0819. The average molecular weight is 278 g/mol. The number of sulfone groups is 1. The summed E-state index contributed by atoms with van der Waals surface area (Å²) in [6, 6.07) is 9.17. The van der Waals surface area contributed by atoms with Gasteiger partial charge in [0.15, 0.2) is 11.5 Å². The smallest absolute Gasteiger partial charge is 0.210 e. The molecular formula is C14H14O4S. The first kappa shape index (κ1) is 13.4. The van der Waals surface area contributed by atoms with E-state index in [9.17, 15) is 18.6 Å². The van der Waals surface area contributed by atoms with Crippen LogP contribution in [0.4, 0.5) is 0 Å². The minimum Gasteiger partial charge on any atom is -0.504 e. The molecule has 100 valence electrons. The number of hydrogen-bond donors (Lipinski definition) is 2. The molecule has 2 aromatic carbocycles. The van der Waals surface area contributed by atoms with Gasteiger partial charge in [-0.1, -0.05) is 18.2 Å². The Kier molecular flexibility index (Phi) is 3.24. The highest BCUT2D eigenvalue weighted by Gasteiger charge is 2.26. The Morgan fingerprint density at radius 2 is 1.58 bits per heavy atom. The molecule has 2 rings (SSSR count). The second kappa shape index (κ2) is 4.59. The second-order valence-electron chi connectivity index (χ2n) is 4.33. The van der Waals surface area contributed by atoms with Gasteiger partial charge >= 0.3 is 0 Å². The monoisotopic (exact) mass is 278 g/mol. The molecular weight excluding hydrogens is 264 g/mol. The lowest BCUT2D eigenvalue weighted by Gasteiger charge is -2.13. The number of aromatic hydroxyl groups is 2. The summed E-state index contributed by atoms with van der Waals surface area (Å²) in [4.78, 5) is -0.158. The minimum atomic E-state index is -3.86. The maximum absolute atomic E-state index is 12.5. The van der Waals surface area contributed by atoms with E-state index < -0.39 is 21.3 Å². The molecule has 5 heteroatoms. The van der Waals surface area contributed by atoms with Crippen LogP contribution in [0.5, 0.6) is 11.5 Å². The van der Waals surface area contributed by atoms with E-state index in [1.807, 2.05) is 0 Å². The van der Waals surface area contributed by atoms with Crippen LogP contribution in [-0.2, 0) is 9.84 Å². The fourth-order valence-corrected chi connectivity index (χ4v) is 3.58. The van der Waals surface area contributed by atoms with Gasteiger partial charge in [0.05, 0.1) is 4.90 Å². The molecule has 0 amide bonds. The number of aryl methyl sites for hydroxylation is 1. The van der Waals surface area contributed by atoms with Gasteiger partial charge in [-0.05, 0) is 43.2 Å². The second-order valence-corrected chi connectivity index (χ2v) is 6.22. The Morgan fingerprint density at radius 3 is 2.16 bits per heavy atom. The van der Waals surface area contributed by atoms with Gasteiger partial charge in [-0.3, -0.25) is 0 Å². The standard InChI is InChI=1S/C14H14O4S/c1-9-8-12(15)13(16)14(10(9)2)19(17,18)11-6-4-3-5-7-11/h3-8,15-16H,1-2H3. The largest absolute Gasteiger partial charge is 0.504 e. The van der Waals surface area contributed by atoms with Crippen LogP contribution < -0.4 is 0 Å². The molecule has 0 aliphatic rings. The number of hydrogen-bond acceptors (Lipinski definition) is 4. The quantitative estimate of drug-likeness (QED) is 0.828. The van der Waals surface area contributed by atoms with Gasteiger partial charge in [-0.25, -0.2) is 8.42 Å². The highest BCUT2D eigenvalue weighted by atomic mass is 32.2. The Balaban J connectivity index is 2.80. The van der Waals surface area contributed by atoms with Gasteiger partial charge in [0.2, 0.25) is 9.84 Å². The molecule has 0 aliphatic heterocycles. The first-order valence-electron chi connectivity index (χ1n) is 5.68. The molecule has 0 fully saturated rings. The first-order valence-corrected chi connectivity index (χ1v) is 7.16. The van der Waals surface area contributed by atoms with Crippen molar-refractivity contribution in [2.45, 2.75) is 23.6 Å². The van der Waals surface area contributed by atoms with E-state index in [2.05, 4.69) is 0 Å². The van der Waals surface area contributed by atoms with Crippen LogP contribution in [0.25, 0.3) is 0 Å². The van der Waals surface area contributed by atoms with Crippen LogP contribution >= 0.6 is 0 Å². The molecule has 0 aromatic heterocycles. The van der Waals surface area contributed by atoms with Crippen molar-refractivity contribution in [3.8, 4) is 11.5 Å². The predicted octanol–water partition coefficient (Wildman–Crippen LogP) is 2.55.